The maximum Gasteiger partial charge on any atom is 0.469 e. The predicted octanol–water partition coefficient (Wildman–Crippen LogP) is 8.64. The minimum atomic E-state index is -4.83. The van der Waals surface area contributed by atoms with Gasteiger partial charge >= 0.3 is 19.8 Å². The van der Waals surface area contributed by atoms with Gasteiger partial charge < -0.3 is 34.6 Å². The van der Waals surface area contributed by atoms with Crippen LogP contribution in [0.5, 0.6) is 0 Å². The summed E-state index contributed by atoms with van der Waals surface area (Å²) in [5.74, 6) is -0.965. The van der Waals surface area contributed by atoms with Gasteiger partial charge in [-0.05, 0) is 31.1 Å². The maximum absolute atomic E-state index is 12.5. The Bertz CT molecular complexity index is 1040. The van der Waals surface area contributed by atoms with Crippen LogP contribution in [0.4, 0.5) is 0 Å². The van der Waals surface area contributed by atoms with Gasteiger partial charge in [0.25, 0.3) is 0 Å². The Kier molecular flexibility index (Phi) is 28.5. The average molecular weight is 775 g/mol. The summed E-state index contributed by atoms with van der Waals surface area (Å²) < 4.78 is 26.3. The molecule has 1 aliphatic rings. The van der Waals surface area contributed by atoms with Crippen molar-refractivity contribution in [3.63, 3.8) is 0 Å². The number of hydrogen-bond acceptors (Lipinski definition) is 9. The fourth-order valence-electron chi connectivity index (χ4n) is 6.82. The molecule has 0 amide bonds. The molecule has 0 aromatic rings. The molecule has 1 rings (SSSR count). The van der Waals surface area contributed by atoms with Gasteiger partial charge in [0.05, 0.1) is 31.3 Å². The molecule has 0 saturated heterocycles. The molecule has 1 fully saturated rings. The Balaban J connectivity index is 2.31. The molecule has 0 unspecified atom stereocenters. The zero-order valence-electron chi connectivity index (χ0n) is 33.2. The van der Waals surface area contributed by atoms with Gasteiger partial charge in [-0.15, -0.1) is 0 Å². The van der Waals surface area contributed by atoms with Gasteiger partial charge in [0.15, 0.2) is 6.10 Å². The highest BCUT2D eigenvalue weighted by Gasteiger charge is 2.39. The number of unbranched alkanes of at least 4 members (excludes halogenated alkanes) is 15. The largest absolute Gasteiger partial charge is 0.469 e. The number of aliphatic hydroxyl groups excluding tert-OH is 3. The highest BCUT2D eigenvalue weighted by Crippen LogP contribution is 2.37. The summed E-state index contributed by atoms with van der Waals surface area (Å²) in [6.45, 7) is 5.63. The van der Waals surface area contributed by atoms with Crippen molar-refractivity contribution in [3.8, 4) is 0 Å². The van der Waals surface area contributed by atoms with Gasteiger partial charge in [-0.2, -0.15) is 0 Å². The number of phosphoric ester groups is 1. The SMILES string of the molecule is CCCCC[C@@H](O)/C=C/[C@@H]1[C@H](C/C=C\CC(=O)OC[C@H](COP(=O)(O)O)OC(=O)CCCCCCCCCCCCCCCCC(C)C)[C@@H](O)C[C@H]1O. The normalized spacial score (nSPS) is 20.5. The fourth-order valence-corrected chi connectivity index (χ4v) is 7.19. The van der Waals surface area contributed by atoms with E-state index in [2.05, 4.69) is 25.3 Å². The zero-order chi connectivity index (χ0) is 39.3. The summed E-state index contributed by atoms with van der Waals surface area (Å²) in [6, 6.07) is 0. The van der Waals surface area contributed by atoms with E-state index in [1.165, 1.54) is 70.6 Å². The summed E-state index contributed by atoms with van der Waals surface area (Å²) in [7, 11) is -4.83. The van der Waals surface area contributed by atoms with Crippen molar-refractivity contribution >= 4 is 19.8 Å². The zero-order valence-corrected chi connectivity index (χ0v) is 34.1. The van der Waals surface area contributed by atoms with E-state index >= 15 is 0 Å². The molecular formula is C41H75O11P. The van der Waals surface area contributed by atoms with E-state index in [1.807, 2.05) is 0 Å². The Hall–Kier alpha value is -1.59. The smallest absolute Gasteiger partial charge is 0.461 e. The van der Waals surface area contributed by atoms with Gasteiger partial charge in [-0.1, -0.05) is 154 Å². The molecule has 0 bridgehead atoms. The van der Waals surface area contributed by atoms with Crippen molar-refractivity contribution in [2.24, 2.45) is 17.8 Å². The lowest BCUT2D eigenvalue weighted by Gasteiger charge is -2.19. The molecule has 0 aliphatic heterocycles. The molecule has 310 valence electrons. The monoisotopic (exact) mass is 775 g/mol. The molecule has 0 radical (unpaired) electrons. The van der Waals surface area contributed by atoms with Crippen LogP contribution in [0.3, 0.4) is 0 Å². The molecule has 53 heavy (non-hydrogen) atoms. The first-order chi connectivity index (χ1) is 25.3. The summed E-state index contributed by atoms with van der Waals surface area (Å²) >= 11 is 0. The minimum Gasteiger partial charge on any atom is -0.461 e. The third kappa shape index (κ3) is 27.6. The first-order valence-electron chi connectivity index (χ1n) is 20.7. The van der Waals surface area contributed by atoms with Crippen molar-refractivity contribution in [1.82, 2.24) is 0 Å². The molecule has 1 aliphatic carbocycles. The summed E-state index contributed by atoms with van der Waals surface area (Å²) in [5, 5.41) is 31.2. The first kappa shape index (κ1) is 49.4. The van der Waals surface area contributed by atoms with Crippen LogP contribution in [0.2, 0.25) is 0 Å². The number of aliphatic hydroxyl groups is 3. The van der Waals surface area contributed by atoms with Crippen molar-refractivity contribution in [1.29, 1.82) is 0 Å². The van der Waals surface area contributed by atoms with Gasteiger partial charge in [-0.3, -0.25) is 14.1 Å². The lowest BCUT2D eigenvalue weighted by molar-refractivity contribution is -0.160. The van der Waals surface area contributed by atoms with Crippen LogP contribution >= 0.6 is 7.82 Å². The minimum absolute atomic E-state index is 0.110. The van der Waals surface area contributed by atoms with Crippen LogP contribution in [-0.2, 0) is 28.2 Å². The van der Waals surface area contributed by atoms with Gasteiger partial charge in [0.1, 0.15) is 6.61 Å². The molecule has 0 heterocycles. The number of ether oxygens (including phenoxy) is 2. The van der Waals surface area contributed by atoms with E-state index in [4.69, 9.17) is 19.3 Å². The molecule has 0 spiro atoms. The number of hydrogen-bond donors (Lipinski definition) is 5. The second-order valence-corrected chi connectivity index (χ2v) is 16.7. The van der Waals surface area contributed by atoms with Crippen molar-refractivity contribution in [2.45, 2.75) is 193 Å². The lowest BCUT2D eigenvalue weighted by Crippen LogP contribution is -2.29. The van der Waals surface area contributed by atoms with E-state index in [9.17, 15) is 29.5 Å². The molecular weight excluding hydrogens is 699 g/mol. The van der Waals surface area contributed by atoms with Gasteiger partial charge in [-0.25, -0.2) is 4.57 Å². The second-order valence-electron chi connectivity index (χ2n) is 15.4. The Morgan fingerprint density at radius 1 is 0.755 bits per heavy atom. The third-order valence-corrected chi connectivity index (χ3v) is 10.5. The van der Waals surface area contributed by atoms with E-state index in [0.29, 0.717) is 19.3 Å². The number of phosphoric acid groups is 1. The van der Waals surface area contributed by atoms with Crippen LogP contribution < -0.4 is 0 Å². The highest BCUT2D eigenvalue weighted by atomic mass is 31.2. The summed E-state index contributed by atoms with van der Waals surface area (Å²) in [5.41, 5.74) is 0. The van der Waals surface area contributed by atoms with Crippen LogP contribution in [0.25, 0.3) is 0 Å². The summed E-state index contributed by atoms with van der Waals surface area (Å²) in [6.07, 6.45) is 26.1. The molecule has 1 saturated carbocycles. The number of carbonyl (C=O) groups is 2. The topological polar surface area (TPSA) is 180 Å². The second kappa shape index (κ2) is 30.6. The number of esters is 2. The Labute approximate surface area is 320 Å². The Morgan fingerprint density at radius 3 is 1.89 bits per heavy atom. The maximum atomic E-state index is 12.5. The number of rotatable bonds is 33. The first-order valence-corrected chi connectivity index (χ1v) is 22.3. The van der Waals surface area contributed by atoms with Crippen molar-refractivity contribution < 1.29 is 53.3 Å². The van der Waals surface area contributed by atoms with Crippen molar-refractivity contribution in [2.75, 3.05) is 13.2 Å². The van der Waals surface area contributed by atoms with Crippen LogP contribution in [0.1, 0.15) is 168 Å². The molecule has 5 N–H and O–H groups in total. The summed E-state index contributed by atoms with van der Waals surface area (Å²) in [4.78, 5) is 43.1. The molecule has 6 atom stereocenters. The van der Waals surface area contributed by atoms with E-state index < -0.39 is 57.4 Å². The van der Waals surface area contributed by atoms with Crippen LogP contribution in [0, 0.1) is 17.8 Å². The lowest BCUT2D eigenvalue weighted by atomic mass is 9.89. The van der Waals surface area contributed by atoms with E-state index in [-0.39, 0.29) is 31.1 Å². The highest BCUT2D eigenvalue weighted by molar-refractivity contribution is 7.46. The van der Waals surface area contributed by atoms with E-state index in [1.54, 1.807) is 24.3 Å². The molecule has 11 nitrogen and oxygen atoms in total. The predicted molar refractivity (Wildman–Crippen MR) is 209 cm³/mol. The average Bonchev–Trinajstić information content (AvgIpc) is 3.37. The van der Waals surface area contributed by atoms with Gasteiger partial charge in [0, 0.05) is 18.8 Å². The molecule has 0 aromatic heterocycles. The molecule has 0 aromatic carbocycles. The molecule has 12 heteroatoms. The Morgan fingerprint density at radius 2 is 1.32 bits per heavy atom. The number of allylic oxidation sites excluding steroid dienone is 1. The van der Waals surface area contributed by atoms with Crippen LogP contribution in [-0.4, -0.2) is 74.7 Å². The van der Waals surface area contributed by atoms with Crippen LogP contribution in [0.15, 0.2) is 24.3 Å². The standard InChI is InChI=1S/C41H75O11P/c1-4-5-18-24-34(42)28-29-37-36(38(43)30-39(37)44)25-21-22-26-40(45)50-31-35(32-51-53(47,48)49)52-41(46)27-20-17-15-13-11-9-7-6-8-10-12-14-16-19-23-33(2)3/h21-22,28-29,33-39,42-44H,4-20,23-27,30-32H2,1-3H3,(H2,47,48,49)/b22-21-,29-28+/t34-,35-,36+,37-,38+,39-/m1/s1. The quantitative estimate of drug-likeness (QED) is 0.0186. The number of carbonyl (C=O) groups excluding carboxylic acids is 2. The van der Waals surface area contributed by atoms with E-state index in [0.717, 1.165) is 44.4 Å². The van der Waals surface area contributed by atoms with Crippen molar-refractivity contribution in [3.05, 3.63) is 24.3 Å². The van der Waals surface area contributed by atoms with Gasteiger partial charge in [0.2, 0.25) is 0 Å². The third-order valence-electron chi connectivity index (χ3n) is 10.0. The fraction of sp³-hybridized carbons (Fsp3) is 0.854.